The van der Waals surface area contributed by atoms with Crippen LogP contribution in [0, 0.1) is 0 Å². The van der Waals surface area contributed by atoms with Gasteiger partial charge in [-0.15, -0.1) is 0 Å². The molecule has 0 heterocycles. The number of alkyl halides is 3. The predicted molar refractivity (Wildman–Crippen MR) is 54.8 cm³/mol. The van der Waals surface area contributed by atoms with Crippen molar-refractivity contribution in [1.82, 2.24) is 0 Å². The summed E-state index contributed by atoms with van der Waals surface area (Å²) in [7, 11) is 0. The first-order valence-corrected chi connectivity index (χ1v) is 4.84. The molecule has 1 rings (SSSR count). The van der Waals surface area contributed by atoms with Crippen molar-refractivity contribution in [2.24, 2.45) is 5.73 Å². The van der Waals surface area contributed by atoms with Crippen molar-refractivity contribution < 1.29 is 18.3 Å². The van der Waals surface area contributed by atoms with Crippen LogP contribution in [0.2, 0.25) is 0 Å². The number of hydrogen-bond donors (Lipinski definition) is 2. The second kappa shape index (κ2) is 4.43. The van der Waals surface area contributed by atoms with Crippen molar-refractivity contribution in [3.8, 4) is 0 Å². The molecule has 0 aromatic heterocycles. The Morgan fingerprint density at radius 1 is 1.25 bits per heavy atom. The van der Waals surface area contributed by atoms with Crippen LogP contribution in [0.25, 0.3) is 0 Å². The van der Waals surface area contributed by atoms with Crippen molar-refractivity contribution >= 4 is 0 Å². The van der Waals surface area contributed by atoms with E-state index in [0.717, 1.165) is 0 Å². The average Bonchev–Trinajstić information content (AvgIpc) is 2.17. The van der Waals surface area contributed by atoms with Gasteiger partial charge < -0.3 is 10.8 Å². The normalized spacial score (nSPS) is 17.9. The quantitative estimate of drug-likeness (QED) is 0.837. The van der Waals surface area contributed by atoms with Crippen LogP contribution < -0.4 is 5.73 Å². The minimum Gasteiger partial charge on any atom is -0.379 e. The largest absolute Gasteiger partial charge is 0.418 e. The molecule has 0 saturated carbocycles. The summed E-state index contributed by atoms with van der Waals surface area (Å²) in [5, 5.41) is 9.33. The molecule has 1 unspecified atom stereocenters. The SMILES string of the molecule is CC(O)([C@@H](N)Cc1ccccc1)C(F)(F)F. The molecule has 90 valence electrons. The van der Waals surface area contributed by atoms with Crippen LogP contribution in [-0.2, 0) is 6.42 Å². The van der Waals surface area contributed by atoms with E-state index in [4.69, 9.17) is 5.73 Å². The first-order chi connectivity index (χ1) is 7.25. The van der Waals surface area contributed by atoms with Gasteiger partial charge in [0, 0.05) is 6.04 Å². The van der Waals surface area contributed by atoms with Gasteiger partial charge in [-0.25, -0.2) is 0 Å². The first-order valence-electron chi connectivity index (χ1n) is 4.84. The van der Waals surface area contributed by atoms with Gasteiger partial charge in [0.05, 0.1) is 0 Å². The van der Waals surface area contributed by atoms with Gasteiger partial charge in [0.25, 0.3) is 0 Å². The molecule has 0 fully saturated rings. The summed E-state index contributed by atoms with van der Waals surface area (Å²) in [6, 6.07) is 7.15. The molecule has 0 aliphatic carbocycles. The third-order valence-electron chi connectivity index (χ3n) is 2.59. The lowest BCUT2D eigenvalue weighted by atomic mass is 9.91. The highest BCUT2D eigenvalue weighted by atomic mass is 19.4. The summed E-state index contributed by atoms with van der Waals surface area (Å²) in [6.45, 7) is 0.695. The van der Waals surface area contributed by atoms with E-state index in [1.54, 1.807) is 30.3 Å². The highest BCUT2D eigenvalue weighted by molar-refractivity contribution is 5.17. The molecule has 3 N–H and O–H groups in total. The molecule has 1 aromatic rings. The van der Waals surface area contributed by atoms with E-state index in [2.05, 4.69) is 0 Å². The second-order valence-electron chi connectivity index (χ2n) is 3.94. The van der Waals surface area contributed by atoms with Gasteiger partial charge in [0.2, 0.25) is 0 Å². The van der Waals surface area contributed by atoms with Crippen LogP contribution in [0.4, 0.5) is 13.2 Å². The standard InChI is InChI=1S/C11H14F3NO/c1-10(16,11(12,13)14)9(15)7-8-5-3-2-4-6-8/h2-6,9,16H,7,15H2,1H3/t9-,10?/m0/s1. The Balaban J connectivity index is 2.76. The van der Waals surface area contributed by atoms with Gasteiger partial charge in [-0.3, -0.25) is 0 Å². The fourth-order valence-corrected chi connectivity index (χ4v) is 1.28. The Hall–Kier alpha value is -1.07. The molecule has 5 heteroatoms. The zero-order valence-corrected chi connectivity index (χ0v) is 8.83. The second-order valence-corrected chi connectivity index (χ2v) is 3.94. The summed E-state index contributed by atoms with van der Waals surface area (Å²) in [6.07, 6.45) is -4.74. The maximum atomic E-state index is 12.5. The highest BCUT2D eigenvalue weighted by Crippen LogP contribution is 2.32. The maximum absolute atomic E-state index is 12.5. The Kier molecular flexibility index (Phi) is 3.60. The van der Waals surface area contributed by atoms with Crippen molar-refractivity contribution in [1.29, 1.82) is 0 Å². The molecular weight excluding hydrogens is 219 g/mol. The summed E-state index contributed by atoms with van der Waals surface area (Å²) < 4.78 is 37.4. The molecule has 0 saturated heterocycles. The van der Waals surface area contributed by atoms with Crippen LogP contribution in [0.1, 0.15) is 12.5 Å². The Bertz CT molecular complexity index is 335. The molecule has 0 amide bonds. The Labute approximate surface area is 91.9 Å². The van der Waals surface area contributed by atoms with Crippen molar-refractivity contribution in [2.45, 2.75) is 31.2 Å². The molecule has 16 heavy (non-hydrogen) atoms. The van der Waals surface area contributed by atoms with Crippen LogP contribution in [-0.4, -0.2) is 22.9 Å². The number of aliphatic hydroxyl groups is 1. The van der Waals surface area contributed by atoms with Gasteiger partial charge in [-0.05, 0) is 18.9 Å². The van der Waals surface area contributed by atoms with Gasteiger partial charge >= 0.3 is 6.18 Å². The minimum atomic E-state index is -4.72. The number of nitrogens with two attached hydrogens (primary N) is 1. The summed E-state index contributed by atoms with van der Waals surface area (Å²) >= 11 is 0. The average molecular weight is 233 g/mol. The zero-order chi connectivity index (χ0) is 12.4. The lowest BCUT2D eigenvalue weighted by Crippen LogP contribution is -2.56. The topological polar surface area (TPSA) is 46.2 Å². The molecule has 0 radical (unpaired) electrons. The van der Waals surface area contributed by atoms with E-state index in [0.29, 0.717) is 12.5 Å². The summed E-state index contributed by atoms with van der Waals surface area (Å²) in [4.78, 5) is 0. The predicted octanol–water partition coefficient (Wildman–Crippen LogP) is 1.87. The lowest BCUT2D eigenvalue weighted by molar-refractivity contribution is -0.259. The van der Waals surface area contributed by atoms with Crippen molar-refractivity contribution in [2.75, 3.05) is 0 Å². The smallest absolute Gasteiger partial charge is 0.379 e. The molecular formula is C11H14F3NO. The van der Waals surface area contributed by atoms with Gasteiger partial charge in [-0.2, -0.15) is 13.2 Å². The van der Waals surface area contributed by atoms with Crippen LogP contribution in [0.15, 0.2) is 30.3 Å². The van der Waals surface area contributed by atoms with Gasteiger partial charge in [0.1, 0.15) is 0 Å². The first kappa shape index (κ1) is 13.0. The van der Waals surface area contributed by atoms with E-state index in [-0.39, 0.29) is 6.42 Å². The third-order valence-corrected chi connectivity index (χ3v) is 2.59. The zero-order valence-electron chi connectivity index (χ0n) is 8.83. The van der Waals surface area contributed by atoms with Gasteiger partial charge in [-0.1, -0.05) is 30.3 Å². The third kappa shape index (κ3) is 2.74. The van der Waals surface area contributed by atoms with Crippen molar-refractivity contribution in [3.05, 3.63) is 35.9 Å². The van der Waals surface area contributed by atoms with Crippen LogP contribution in [0.5, 0.6) is 0 Å². The van der Waals surface area contributed by atoms with Crippen LogP contribution >= 0.6 is 0 Å². The molecule has 2 nitrogen and oxygen atoms in total. The number of hydrogen-bond acceptors (Lipinski definition) is 2. The number of rotatable bonds is 3. The highest BCUT2D eigenvalue weighted by Gasteiger charge is 2.53. The fraction of sp³-hybridized carbons (Fsp3) is 0.455. The lowest BCUT2D eigenvalue weighted by Gasteiger charge is -2.32. The van der Waals surface area contributed by atoms with E-state index < -0.39 is 17.8 Å². The summed E-state index contributed by atoms with van der Waals surface area (Å²) in [5.74, 6) is 0. The summed E-state index contributed by atoms with van der Waals surface area (Å²) in [5.41, 5.74) is 3.19. The monoisotopic (exact) mass is 233 g/mol. The number of halogens is 3. The van der Waals surface area contributed by atoms with E-state index in [9.17, 15) is 18.3 Å². The molecule has 2 atom stereocenters. The Morgan fingerprint density at radius 2 is 1.75 bits per heavy atom. The van der Waals surface area contributed by atoms with Crippen LogP contribution in [0.3, 0.4) is 0 Å². The fourth-order valence-electron chi connectivity index (χ4n) is 1.28. The maximum Gasteiger partial charge on any atom is 0.418 e. The molecule has 0 aliphatic rings. The van der Waals surface area contributed by atoms with Gasteiger partial charge in [0.15, 0.2) is 5.60 Å². The minimum absolute atomic E-state index is 0.0205. The van der Waals surface area contributed by atoms with Crippen molar-refractivity contribution in [3.63, 3.8) is 0 Å². The number of benzene rings is 1. The molecule has 1 aromatic carbocycles. The molecule has 0 aliphatic heterocycles. The van der Waals surface area contributed by atoms with E-state index >= 15 is 0 Å². The van der Waals surface area contributed by atoms with E-state index in [1.807, 2.05) is 0 Å². The Morgan fingerprint density at radius 3 is 2.19 bits per heavy atom. The van der Waals surface area contributed by atoms with E-state index in [1.165, 1.54) is 0 Å². The molecule has 0 bridgehead atoms. The molecule has 0 spiro atoms.